The van der Waals surface area contributed by atoms with Gasteiger partial charge in [0.1, 0.15) is 0 Å². The van der Waals surface area contributed by atoms with Crippen LogP contribution >= 0.6 is 11.3 Å². The highest BCUT2D eigenvalue weighted by Gasteiger charge is 2.31. The van der Waals surface area contributed by atoms with Crippen molar-refractivity contribution in [3.8, 4) is 0 Å². The third kappa shape index (κ3) is 5.17. The van der Waals surface area contributed by atoms with Crippen LogP contribution in [0.15, 0.2) is 41.8 Å². The maximum atomic E-state index is 12.4. The fraction of sp³-hybridized carbons (Fsp3) is 0.350. The fourth-order valence-corrected chi connectivity index (χ4v) is 3.83. The minimum absolute atomic E-state index is 0.109. The summed E-state index contributed by atoms with van der Waals surface area (Å²) in [5.41, 5.74) is 1.32. The summed E-state index contributed by atoms with van der Waals surface area (Å²) in [5.74, 6) is -0.694. The molecule has 7 nitrogen and oxygen atoms in total. The molecule has 28 heavy (non-hydrogen) atoms. The van der Waals surface area contributed by atoms with Crippen molar-refractivity contribution in [2.45, 2.75) is 25.6 Å². The van der Waals surface area contributed by atoms with E-state index in [0.29, 0.717) is 25.2 Å². The summed E-state index contributed by atoms with van der Waals surface area (Å²) in [4.78, 5) is 39.4. The number of hydrogen-bond donors (Lipinski definition) is 2. The van der Waals surface area contributed by atoms with Crippen molar-refractivity contribution in [3.63, 3.8) is 0 Å². The van der Waals surface area contributed by atoms with Crippen LogP contribution in [0.4, 0.5) is 0 Å². The Morgan fingerprint density at radius 2 is 2.07 bits per heavy atom. The van der Waals surface area contributed by atoms with Gasteiger partial charge in [-0.05, 0) is 29.1 Å². The number of esters is 1. The zero-order chi connectivity index (χ0) is 19.9. The van der Waals surface area contributed by atoms with Crippen LogP contribution in [0, 0.1) is 0 Å². The number of carbonyl (C=O) groups is 3. The number of carbonyl (C=O) groups excluding carboxylic acids is 3. The number of ether oxygens (including phenoxy) is 1. The number of piperazine rings is 1. The summed E-state index contributed by atoms with van der Waals surface area (Å²) in [6.07, 6.45) is 0.109. The Kier molecular flexibility index (Phi) is 6.78. The Morgan fingerprint density at radius 1 is 1.29 bits per heavy atom. The molecule has 0 spiro atoms. The second-order valence-corrected chi connectivity index (χ2v) is 7.56. The lowest BCUT2D eigenvalue weighted by molar-refractivity contribution is -0.134. The molecule has 2 N–H and O–H groups in total. The first kappa shape index (κ1) is 20.0. The minimum Gasteiger partial charge on any atom is -0.465 e. The molecule has 3 rings (SSSR count). The lowest BCUT2D eigenvalue weighted by Crippen LogP contribution is -2.56. The van der Waals surface area contributed by atoms with Crippen LogP contribution in [0.2, 0.25) is 0 Å². The molecule has 1 aliphatic heterocycles. The highest BCUT2D eigenvalue weighted by Crippen LogP contribution is 2.17. The second kappa shape index (κ2) is 9.48. The molecule has 0 saturated carbocycles. The summed E-state index contributed by atoms with van der Waals surface area (Å²) in [7, 11) is 1.33. The van der Waals surface area contributed by atoms with E-state index in [9.17, 15) is 14.4 Å². The molecule has 0 bridgehead atoms. The highest BCUT2D eigenvalue weighted by molar-refractivity contribution is 7.09. The van der Waals surface area contributed by atoms with E-state index < -0.39 is 12.0 Å². The predicted octanol–water partition coefficient (Wildman–Crippen LogP) is 1.54. The number of benzene rings is 1. The first-order valence-electron chi connectivity index (χ1n) is 9.05. The molecular weight excluding hydrogens is 378 g/mol. The van der Waals surface area contributed by atoms with Crippen molar-refractivity contribution in [2.75, 3.05) is 20.2 Å². The molecule has 0 unspecified atom stereocenters. The van der Waals surface area contributed by atoms with E-state index >= 15 is 0 Å². The molecule has 8 heteroatoms. The molecule has 2 heterocycles. The summed E-state index contributed by atoms with van der Waals surface area (Å²) >= 11 is 1.64. The summed E-state index contributed by atoms with van der Waals surface area (Å²) in [6.45, 7) is 2.31. The smallest absolute Gasteiger partial charge is 0.337 e. The third-order valence-electron chi connectivity index (χ3n) is 4.62. The normalized spacial score (nSPS) is 17.0. The third-order valence-corrected chi connectivity index (χ3v) is 5.49. The van der Waals surface area contributed by atoms with Crippen molar-refractivity contribution in [3.05, 3.63) is 57.8 Å². The zero-order valence-corrected chi connectivity index (χ0v) is 16.5. The molecule has 148 valence electrons. The van der Waals surface area contributed by atoms with Crippen LogP contribution < -0.4 is 10.6 Å². The van der Waals surface area contributed by atoms with Crippen molar-refractivity contribution < 1.29 is 19.1 Å². The Morgan fingerprint density at radius 3 is 2.75 bits per heavy atom. The number of methoxy groups -OCH3 is 1. The Hall–Kier alpha value is -2.71. The van der Waals surface area contributed by atoms with Crippen LogP contribution in [-0.2, 0) is 27.4 Å². The first-order valence-corrected chi connectivity index (χ1v) is 9.93. The maximum absolute atomic E-state index is 12.4. The van der Waals surface area contributed by atoms with Gasteiger partial charge in [-0.3, -0.25) is 14.5 Å². The molecule has 0 radical (unpaired) electrons. The highest BCUT2D eigenvalue weighted by atomic mass is 32.1. The van der Waals surface area contributed by atoms with E-state index in [0.717, 1.165) is 12.1 Å². The van der Waals surface area contributed by atoms with Crippen LogP contribution in [0.1, 0.15) is 27.2 Å². The van der Waals surface area contributed by atoms with Crippen molar-refractivity contribution in [1.29, 1.82) is 0 Å². The van der Waals surface area contributed by atoms with Crippen molar-refractivity contribution in [1.82, 2.24) is 15.5 Å². The van der Waals surface area contributed by atoms with Crippen LogP contribution in [0.5, 0.6) is 0 Å². The van der Waals surface area contributed by atoms with Gasteiger partial charge < -0.3 is 15.4 Å². The SMILES string of the molecule is COC(=O)c1ccc(CNC(=O)C[C@H]2C(=O)NCCN2Cc2cccs2)cc1. The van der Waals surface area contributed by atoms with E-state index in [2.05, 4.69) is 20.3 Å². The molecule has 1 aromatic heterocycles. The molecule has 2 amide bonds. The van der Waals surface area contributed by atoms with Gasteiger partial charge in [0.2, 0.25) is 11.8 Å². The van der Waals surface area contributed by atoms with E-state index in [4.69, 9.17) is 0 Å². The second-order valence-electron chi connectivity index (χ2n) is 6.53. The van der Waals surface area contributed by atoms with Gasteiger partial charge in [0.05, 0.1) is 25.1 Å². The van der Waals surface area contributed by atoms with E-state index in [1.807, 2.05) is 17.5 Å². The van der Waals surface area contributed by atoms with E-state index in [1.165, 1.54) is 12.0 Å². The van der Waals surface area contributed by atoms with E-state index in [1.54, 1.807) is 35.6 Å². The van der Waals surface area contributed by atoms with Crippen LogP contribution in [0.25, 0.3) is 0 Å². The van der Waals surface area contributed by atoms with E-state index in [-0.39, 0.29) is 18.2 Å². The largest absolute Gasteiger partial charge is 0.465 e. The van der Waals surface area contributed by atoms with Gasteiger partial charge in [0.15, 0.2) is 0 Å². The molecule has 1 aliphatic rings. The van der Waals surface area contributed by atoms with Crippen LogP contribution in [-0.4, -0.2) is 48.9 Å². The molecule has 1 atom stereocenters. The maximum Gasteiger partial charge on any atom is 0.337 e. The molecule has 1 saturated heterocycles. The quantitative estimate of drug-likeness (QED) is 0.688. The number of hydrogen-bond acceptors (Lipinski definition) is 6. The molecule has 1 aromatic carbocycles. The number of thiophene rings is 1. The van der Waals surface area contributed by atoms with Crippen LogP contribution in [0.3, 0.4) is 0 Å². The number of amides is 2. The van der Waals surface area contributed by atoms with Gasteiger partial charge in [0, 0.05) is 31.1 Å². The Balaban J connectivity index is 1.54. The van der Waals surface area contributed by atoms with Crippen molar-refractivity contribution >= 4 is 29.1 Å². The minimum atomic E-state index is -0.474. The number of nitrogens with one attached hydrogen (secondary N) is 2. The van der Waals surface area contributed by atoms with Gasteiger partial charge in [-0.15, -0.1) is 11.3 Å². The zero-order valence-electron chi connectivity index (χ0n) is 15.6. The standard InChI is InChI=1S/C20H23N3O4S/c1-27-20(26)15-6-4-14(5-7-15)12-22-18(24)11-17-19(25)21-8-9-23(17)13-16-3-2-10-28-16/h2-7,10,17H,8-9,11-13H2,1H3,(H,21,25)(H,22,24)/t17-/m0/s1. The average molecular weight is 401 g/mol. The molecule has 1 fully saturated rings. The fourth-order valence-electron chi connectivity index (χ4n) is 3.10. The van der Waals surface area contributed by atoms with Crippen molar-refractivity contribution in [2.24, 2.45) is 0 Å². The van der Waals surface area contributed by atoms with Gasteiger partial charge in [-0.25, -0.2) is 4.79 Å². The van der Waals surface area contributed by atoms with Gasteiger partial charge >= 0.3 is 5.97 Å². The monoisotopic (exact) mass is 401 g/mol. The Bertz CT molecular complexity index is 820. The summed E-state index contributed by atoms with van der Waals surface area (Å²) in [5, 5.41) is 7.70. The topological polar surface area (TPSA) is 87.7 Å². The van der Waals surface area contributed by atoms with Gasteiger partial charge in [-0.1, -0.05) is 18.2 Å². The lowest BCUT2D eigenvalue weighted by atomic mass is 10.1. The number of nitrogens with zero attached hydrogens (tertiary/aromatic N) is 1. The first-order chi connectivity index (χ1) is 13.6. The average Bonchev–Trinajstić information content (AvgIpc) is 3.22. The lowest BCUT2D eigenvalue weighted by Gasteiger charge is -2.34. The molecular formula is C20H23N3O4S. The van der Waals surface area contributed by atoms with Gasteiger partial charge in [0.25, 0.3) is 0 Å². The molecule has 2 aromatic rings. The summed E-state index contributed by atoms with van der Waals surface area (Å²) in [6, 6.07) is 10.4. The Labute approximate surface area is 167 Å². The molecule has 0 aliphatic carbocycles. The summed E-state index contributed by atoms with van der Waals surface area (Å²) < 4.78 is 4.67. The van der Waals surface area contributed by atoms with Gasteiger partial charge in [-0.2, -0.15) is 0 Å². The predicted molar refractivity (Wildman–Crippen MR) is 106 cm³/mol. The number of rotatable bonds is 7.